The standard InChI is InChI=1S/C12H19NO3.ClH/c1-2-8-3-9-5-12(7-13-16,6-11(14)15)10(9)4-8;/h4,9-10,13,16H,2-3,5-7H2,1H3,(H,14,15);1H/t9-,10-,12-;/m0./s1. The van der Waals surface area contributed by atoms with Gasteiger partial charge in [-0.15, -0.1) is 12.4 Å². The molecule has 3 atom stereocenters. The lowest BCUT2D eigenvalue weighted by Crippen LogP contribution is -2.52. The molecule has 17 heavy (non-hydrogen) atoms. The number of rotatable bonds is 5. The lowest BCUT2D eigenvalue weighted by molar-refractivity contribution is -0.145. The molecule has 0 aromatic carbocycles. The molecule has 5 heteroatoms. The first-order valence-corrected chi connectivity index (χ1v) is 5.89. The minimum absolute atomic E-state index is 0. The quantitative estimate of drug-likeness (QED) is 0.524. The molecule has 0 aliphatic heterocycles. The first kappa shape index (κ1) is 14.5. The van der Waals surface area contributed by atoms with Crippen LogP contribution in [0.5, 0.6) is 0 Å². The molecule has 0 aromatic rings. The van der Waals surface area contributed by atoms with Gasteiger partial charge in [0.25, 0.3) is 0 Å². The Morgan fingerprint density at radius 3 is 2.88 bits per heavy atom. The summed E-state index contributed by atoms with van der Waals surface area (Å²) in [4.78, 5) is 10.9. The van der Waals surface area contributed by atoms with E-state index in [1.165, 1.54) is 5.57 Å². The Morgan fingerprint density at radius 2 is 2.35 bits per heavy atom. The van der Waals surface area contributed by atoms with Crippen LogP contribution in [-0.2, 0) is 4.79 Å². The van der Waals surface area contributed by atoms with Crippen LogP contribution < -0.4 is 5.48 Å². The van der Waals surface area contributed by atoms with Gasteiger partial charge < -0.3 is 10.3 Å². The van der Waals surface area contributed by atoms with Crippen LogP contribution in [0.25, 0.3) is 0 Å². The molecule has 2 rings (SSSR count). The Balaban J connectivity index is 0.00000144. The number of carboxylic acid groups (broad SMARTS) is 1. The van der Waals surface area contributed by atoms with Crippen molar-refractivity contribution in [2.24, 2.45) is 17.3 Å². The number of aliphatic carboxylic acids is 1. The Kier molecular flexibility index (Phi) is 4.58. The molecule has 0 bridgehead atoms. The molecule has 0 aromatic heterocycles. The third kappa shape index (κ3) is 2.49. The minimum Gasteiger partial charge on any atom is -0.481 e. The van der Waals surface area contributed by atoms with E-state index in [1.807, 2.05) is 0 Å². The first-order valence-electron chi connectivity index (χ1n) is 5.89. The lowest BCUT2D eigenvalue weighted by Gasteiger charge is -2.51. The molecule has 2 aliphatic rings. The van der Waals surface area contributed by atoms with Crippen molar-refractivity contribution in [1.29, 1.82) is 0 Å². The highest BCUT2D eigenvalue weighted by Crippen LogP contribution is 2.59. The summed E-state index contributed by atoms with van der Waals surface area (Å²) in [5, 5.41) is 17.8. The van der Waals surface area contributed by atoms with Crippen molar-refractivity contribution in [3.8, 4) is 0 Å². The third-order valence-electron chi connectivity index (χ3n) is 4.21. The van der Waals surface area contributed by atoms with Gasteiger partial charge in [0.05, 0.1) is 6.42 Å². The third-order valence-corrected chi connectivity index (χ3v) is 4.21. The normalized spacial score (nSPS) is 34.4. The van der Waals surface area contributed by atoms with Gasteiger partial charge in [-0.05, 0) is 31.1 Å². The molecule has 0 heterocycles. The number of carboxylic acids is 1. The molecule has 4 nitrogen and oxygen atoms in total. The van der Waals surface area contributed by atoms with E-state index < -0.39 is 5.97 Å². The maximum absolute atomic E-state index is 10.9. The fraction of sp³-hybridized carbons (Fsp3) is 0.750. The fourth-order valence-electron chi connectivity index (χ4n) is 3.46. The second kappa shape index (κ2) is 5.38. The topological polar surface area (TPSA) is 69.6 Å². The second-order valence-electron chi connectivity index (χ2n) is 5.14. The molecular weight excluding hydrogens is 242 g/mol. The van der Waals surface area contributed by atoms with E-state index in [1.54, 1.807) is 0 Å². The summed E-state index contributed by atoms with van der Waals surface area (Å²) in [7, 11) is 0. The van der Waals surface area contributed by atoms with Gasteiger partial charge in [0, 0.05) is 12.0 Å². The zero-order chi connectivity index (χ0) is 11.8. The fourth-order valence-corrected chi connectivity index (χ4v) is 3.46. The molecule has 1 saturated carbocycles. The predicted octanol–water partition coefficient (Wildman–Crippen LogP) is 2.22. The average Bonchev–Trinajstić information content (AvgIpc) is 2.55. The van der Waals surface area contributed by atoms with E-state index in [9.17, 15) is 4.79 Å². The highest BCUT2D eigenvalue weighted by Gasteiger charge is 2.55. The smallest absolute Gasteiger partial charge is 0.303 e. The van der Waals surface area contributed by atoms with E-state index in [0.29, 0.717) is 18.4 Å². The maximum atomic E-state index is 10.9. The second-order valence-corrected chi connectivity index (χ2v) is 5.14. The summed E-state index contributed by atoms with van der Waals surface area (Å²) >= 11 is 0. The van der Waals surface area contributed by atoms with Crippen LogP contribution in [0.3, 0.4) is 0 Å². The number of fused-ring (bicyclic) bond motifs is 1. The Bertz CT molecular complexity index is 332. The van der Waals surface area contributed by atoms with Gasteiger partial charge >= 0.3 is 5.97 Å². The van der Waals surface area contributed by atoms with Crippen LogP contribution in [0.2, 0.25) is 0 Å². The number of hydroxylamine groups is 1. The summed E-state index contributed by atoms with van der Waals surface area (Å²) in [6, 6.07) is 0. The van der Waals surface area contributed by atoms with Gasteiger partial charge in [-0.2, -0.15) is 0 Å². The maximum Gasteiger partial charge on any atom is 0.303 e. The van der Waals surface area contributed by atoms with Crippen LogP contribution in [0.4, 0.5) is 0 Å². The first-order chi connectivity index (χ1) is 7.61. The lowest BCUT2D eigenvalue weighted by atomic mass is 9.53. The molecule has 0 spiro atoms. The van der Waals surface area contributed by atoms with E-state index in [0.717, 1.165) is 19.3 Å². The van der Waals surface area contributed by atoms with Crippen molar-refractivity contribution in [2.45, 2.75) is 32.6 Å². The Hall–Kier alpha value is -0.580. The van der Waals surface area contributed by atoms with Gasteiger partial charge in [0.1, 0.15) is 0 Å². The number of nitrogens with one attached hydrogen (secondary N) is 1. The number of hydrogen-bond donors (Lipinski definition) is 3. The number of halogens is 1. The van der Waals surface area contributed by atoms with Gasteiger partial charge in [-0.1, -0.05) is 18.6 Å². The van der Waals surface area contributed by atoms with Gasteiger partial charge in [-0.3, -0.25) is 4.79 Å². The number of allylic oxidation sites excluding steroid dienone is 2. The summed E-state index contributed by atoms with van der Waals surface area (Å²) < 4.78 is 0. The van der Waals surface area contributed by atoms with Crippen molar-refractivity contribution in [2.75, 3.05) is 6.54 Å². The highest BCUT2D eigenvalue weighted by molar-refractivity contribution is 5.85. The molecule has 2 aliphatic carbocycles. The average molecular weight is 262 g/mol. The molecule has 3 N–H and O–H groups in total. The summed E-state index contributed by atoms with van der Waals surface area (Å²) in [5.41, 5.74) is 3.35. The number of hydrogen-bond acceptors (Lipinski definition) is 3. The van der Waals surface area contributed by atoms with Crippen LogP contribution in [-0.4, -0.2) is 22.8 Å². The number of carbonyl (C=O) groups is 1. The van der Waals surface area contributed by atoms with Gasteiger partial charge in [0.2, 0.25) is 0 Å². The molecule has 1 fully saturated rings. The summed E-state index contributed by atoms with van der Waals surface area (Å²) in [6.07, 6.45) is 5.48. The molecule has 0 amide bonds. The van der Waals surface area contributed by atoms with E-state index in [4.69, 9.17) is 10.3 Å². The highest BCUT2D eigenvalue weighted by atomic mass is 35.5. The van der Waals surface area contributed by atoms with Crippen LogP contribution in [0, 0.1) is 17.3 Å². The van der Waals surface area contributed by atoms with Crippen LogP contribution in [0.15, 0.2) is 11.6 Å². The largest absolute Gasteiger partial charge is 0.481 e. The Morgan fingerprint density at radius 1 is 1.65 bits per heavy atom. The summed E-state index contributed by atoms with van der Waals surface area (Å²) in [6.45, 7) is 2.52. The Labute approximate surface area is 107 Å². The van der Waals surface area contributed by atoms with E-state index in [-0.39, 0.29) is 24.2 Å². The van der Waals surface area contributed by atoms with Crippen molar-refractivity contribution in [3.05, 3.63) is 11.6 Å². The van der Waals surface area contributed by atoms with Gasteiger partial charge in [-0.25, -0.2) is 5.48 Å². The van der Waals surface area contributed by atoms with Crippen LogP contribution in [0.1, 0.15) is 32.6 Å². The SMILES string of the molecule is CCC1=C[C@H]2[C@@H](C1)C[C@@]2(CNO)CC(=O)O.Cl. The van der Waals surface area contributed by atoms with E-state index in [2.05, 4.69) is 18.5 Å². The predicted molar refractivity (Wildman–Crippen MR) is 66.3 cm³/mol. The van der Waals surface area contributed by atoms with E-state index >= 15 is 0 Å². The molecular formula is C12H20ClNO3. The minimum atomic E-state index is -0.771. The zero-order valence-corrected chi connectivity index (χ0v) is 10.8. The monoisotopic (exact) mass is 261 g/mol. The van der Waals surface area contributed by atoms with Crippen molar-refractivity contribution in [3.63, 3.8) is 0 Å². The van der Waals surface area contributed by atoms with Crippen molar-refractivity contribution >= 4 is 18.4 Å². The summed E-state index contributed by atoms with van der Waals surface area (Å²) in [5.74, 6) is 0.188. The molecule has 98 valence electrons. The van der Waals surface area contributed by atoms with Crippen molar-refractivity contribution < 1.29 is 15.1 Å². The van der Waals surface area contributed by atoms with Crippen LogP contribution >= 0.6 is 12.4 Å². The van der Waals surface area contributed by atoms with Gasteiger partial charge in [0.15, 0.2) is 0 Å². The molecule has 0 unspecified atom stereocenters. The molecule has 0 saturated heterocycles. The molecule has 0 radical (unpaired) electrons. The zero-order valence-electron chi connectivity index (χ0n) is 9.98. The van der Waals surface area contributed by atoms with Crippen molar-refractivity contribution in [1.82, 2.24) is 5.48 Å².